The van der Waals surface area contributed by atoms with Crippen molar-refractivity contribution < 1.29 is 4.79 Å². The van der Waals surface area contributed by atoms with E-state index in [1.165, 1.54) is 27.8 Å². The second kappa shape index (κ2) is 6.04. The lowest BCUT2D eigenvalue weighted by Gasteiger charge is -2.08. The molecule has 1 amide bonds. The number of carbonyl (C=O) groups excluding carboxylic acids is 1. The number of nitrogens with one attached hydrogen (secondary N) is 1. The Morgan fingerprint density at radius 3 is 2.54 bits per heavy atom. The third kappa shape index (κ3) is 2.48. The molecule has 0 fully saturated rings. The second-order valence-corrected chi connectivity index (χ2v) is 7.32. The smallest absolute Gasteiger partial charge is 0.258 e. The Hall–Kier alpha value is -3.05. The highest BCUT2D eigenvalue weighted by atomic mass is 32.1. The SMILES string of the molecule is O=C(Nc1nnc(-c2ccccc2)s1)c1ccc2c3c(cccc13)CC2. The van der Waals surface area contributed by atoms with Crippen molar-refractivity contribution in [2.45, 2.75) is 12.8 Å². The van der Waals surface area contributed by atoms with E-state index in [-0.39, 0.29) is 5.91 Å². The molecule has 0 bridgehead atoms. The Morgan fingerprint density at radius 1 is 0.885 bits per heavy atom. The van der Waals surface area contributed by atoms with E-state index in [2.05, 4.69) is 27.6 Å². The van der Waals surface area contributed by atoms with Crippen LogP contribution in [0.25, 0.3) is 21.3 Å². The van der Waals surface area contributed by atoms with Crippen LogP contribution in [0, 0.1) is 0 Å². The second-order valence-electron chi connectivity index (χ2n) is 6.34. The van der Waals surface area contributed by atoms with Gasteiger partial charge in [-0.15, -0.1) is 10.2 Å². The van der Waals surface area contributed by atoms with Crippen molar-refractivity contribution in [2.24, 2.45) is 0 Å². The molecule has 1 aliphatic carbocycles. The molecule has 5 rings (SSSR count). The van der Waals surface area contributed by atoms with Gasteiger partial charge < -0.3 is 0 Å². The maximum absolute atomic E-state index is 12.8. The predicted molar refractivity (Wildman–Crippen MR) is 105 cm³/mol. The summed E-state index contributed by atoms with van der Waals surface area (Å²) in [5.74, 6) is -0.142. The zero-order valence-electron chi connectivity index (χ0n) is 13.9. The molecule has 0 radical (unpaired) electrons. The Kier molecular flexibility index (Phi) is 3.53. The minimum absolute atomic E-state index is 0.142. The van der Waals surface area contributed by atoms with Gasteiger partial charge in [0.2, 0.25) is 5.13 Å². The average molecular weight is 357 g/mol. The van der Waals surface area contributed by atoms with Crippen molar-refractivity contribution in [1.82, 2.24) is 10.2 Å². The van der Waals surface area contributed by atoms with Gasteiger partial charge in [0.15, 0.2) is 0 Å². The zero-order chi connectivity index (χ0) is 17.5. The van der Waals surface area contributed by atoms with Gasteiger partial charge in [-0.05, 0) is 40.8 Å². The summed E-state index contributed by atoms with van der Waals surface area (Å²) in [5.41, 5.74) is 4.34. The predicted octanol–water partition coefficient (Wildman–Crippen LogP) is 4.71. The molecule has 0 saturated carbocycles. The first-order valence-electron chi connectivity index (χ1n) is 8.53. The van der Waals surface area contributed by atoms with Gasteiger partial charge in [-0.3, -0.25) is 10.1 Å². The van der Waals surface area contributed by atoms with E-state index >= 15 is 0 Å². The summed E-state index contributed by atoms with van der Waals surface area (Å²) in [6.07, 6.45) is 2.10. The summed E-state index contributed by atoms with van der Waals surface area (Å²) >= 11 is 1.38. The number of anilines is 1. The number of amides is 1. The molecule has 5 heteroatoms. The molecule has 0 saturated heterocycles. The van der Waals surface area contributed by atoms with Crippen LogP contribution in [0.1, 0.15) is 21.5 Å². The molecule has 0 spiro atoms. The molecule has 1 N–H and O–H groups in total. The summed E-state index contributed by atoms with van der Waals surface area (Å²) in [7, 11) is 0. The third-order valence-corrected chi connectivity index (χ3v) is 5.68. The van der Waals surface area contributed by atoms with Crippen LogP contribution < -0.4 is 5.32 Å². The molecule has 1 heterocycles. The molecule has 0 aliphatic heterocycles. The highest BCUT2D eigenvalue weighted by Gasteiger charge is 2.19. The molecule has 4 nitrogen and oxygen atoms in total. The molecule has 26 heavy (non-hydrogen) atoms. The summed E-state index contributed by atoms with van der Waals surface area (Å²) < 4.78 is 0. The number of rotatable bonds is 3. The van der Waals surface area contributed by atoms with Crippen LogP contribution in [0.5, 0.6) is 0 Å². The Labute approximate surface area is 154 Å². The van der Waals surface area contributed by atoms with E-state index in [9.17, 15) is 4.79 Å². The lowest BCUT2D eigenvalue weighted by atomic mass is 9.99. The molecule has 4 aromatic rings. The van der Waals surface area contributed by atoms with Crippen LogP contribution in [0.4, 0.5) is 5.13 Å². The maximum Gasteiger partial charge on any atom is 0.258 e. The Bertz CT molecular complexity index is 1120. The van der Waals surface area contributed by atoms with Gasteiger partial charge in [0, 0.05) is 11.1 Å². The summed E-state index contributed by atoms with van der Waals surface area (Å²) in [4.78, 5) is 12.8. The first kappa shape index (κ1) is 15.2. The van der Waals surface area contributed by atoms with Crippen LogP contribution in [0.15, 0.2) is 60.7 Å². The first-order valence-corrected chi connectivity index (χ1v) is 9.35. The van der Waals surface area contributed by atoms with E-state index in [0.717, 1.165) is 28.8 Å². The van der Waals surface area contributed by atoms with E-state index in [1.807, 2.05) is 48.5 Å². The summed E-state index contributed by atoms with van der Waals surface area (Å²) in [5, 5.41) is 14.8. The van der Waals surface area contributed by atoms with Gasteiger partial charge in [0.1, 0.15) is 5.01 Å². The van der Waals surface area contributed by atoms with Crippen molar-refractivity contribution in [3.05, 3.63) is 77.4 Å². The molecule has 126 valence electrons. The van der Waals surface area contributed by atoms with Gasteiger partial charge >= 0.3 is 0 Å². The summed E-state index contributed by atoms with van der Waals surface area (Å²) in [6, 6.07) is 20.0. The van der Waals surface area contributed by atoms with Crippen molar-refractivity contribution in [3.63, 3.8) is 0 Å². The number of hydrogen-bond donors (Lipinski definition) is 1. The minimum Gasteiger partial charge on any atom is -0.296 e. The first-order chi connectivity index (χ1) is 12.8. The number of aryl methyl sites for hydroxylation is 2. The van der Waals surface area contributed by atoms with E-state index in [4.69, 9.17) is 0 Å². The van der Waals surface area contributed by atoms with Crippen LogP contribution >= 0.6 is 11.3 Å². The third-order valence-electron chi connectivity index (χ3n) is 4.79. The summed E-state index contributed by atoms with van der Waals surface area (Å²) in [6.45, 7) is 0. The van der Waals surface area contributed by atoms with Crippen molar-refractivity contribution in [1.29, 1.82) is 0 Å². The minimum atomic E-state index is -0.142. The molecule has 0 unspecified atom stereocenters. The largest absolute Gasteiger partial charge is 0.296 e. The topological polar surface area (TPSA) is 54.9 Å². The molecule has 1 aliphatic rings. The lowest BCUT2D eigenvalue weighted by molar-refractivity contribution is 0.102. The number of nitrogens with zero attached hydrogens (tertiary/aromatic N) is 2. The normalized spacial score (nSPS) is 12.5. The van der Waals surface area contributed by atoms with Gasteiger partial charge in [-0.2, -0.15) is 0 Å². The zero-order valence-corrected chi connectivity index (χ0v) is 14.7. The fourth-order valence-electron chi connectivity index (χ4n) is 3.58. The van der Waals surface area contributed by atoms with Gasteiger partial charge in [0.25, 0.3) is 5.91 Å². The van der Waals surface area contributed by atoms with Crippen LogP contribution in [-0.2, 0) is 12.8 Å². The maximum atomic E-state index is 12.8. The average Bonchev–Trinajstić information content (AvgIpc) is 3.31. The van der Waals surface area contributed by atoms with Crippen molar-refractivity contribution in [2.75, 3.05) is 5.32 Å². The molecule has 0 atom stereocenters. The van der Waals surface area contributed by atoms with E-state index in [1.54, 1.807) is 0 Å². The fraction of sp³-hybridized carbons (Fsp3) is 0.0952. The van der Waals surface area contributed by atoms with Crippen LogP contribution in [0.2, 0.25) is 0 Å². The van der Waals surface area contributed by atoms with Crippen LogP contribution in [-0.4, -0.2) is 16.1 Å². The molecule has 3 aromatic carbocycles. The lowest BCUT2D eigenvalue weighted by Crippen LogP contribution is -2.12. The number of benzene rings is 3. The van der Waals surface area contributed by atoms with Gasteiger partial charge in [0.05, 0.1) is 0 Å². The highest BCUT2D eigenvalue weighted by Crippen LogP contribution is 2.33. The molecule has 1 aromatic heterocycles. The standard InChI is InChI=1S/C21H15N3OS/c25-19(22-21-24-23-20(26-21)15-5-2-1-3-6-15)17-12-11-14-10-9-13-7-4-8-16(17)18(13)14/h1-8,11-12H,9-10H2,(H,22,24,25). The van der Waals surface area contributed by atoms with Crippen molar-refractivity contribution >= 4 is 33.1 Å². The van der Waals surface area contributed by atoms with Crippen LogP contribution in [0.3, 0.4) is 0 Å². The molecular formula is C21H15N3OS. The monoisotopic (exact) mass is 357 g/mol. The number of aromatic nitrogens is 2. The van der Waals surface area contributed by atoms with Gasteiger partial charge in [-0.1, -0.05) is 65.9 Å². The number of carbonyl (C=O) groups is 1. The molecular weight excluding hydrogens is 342 g/mol. The fourth-order valence-corrected chi connectivity index (χ4v) is 4.32. The number of hydrogen-bond acceptors (Lipinski definition) is 4. The quantitative estimate of drug-likeness (QED) is 0.578. The van der Waals surface area contributed by atoms with Gasteiger partial charge in [-0.25, -0.2) is 0 Å². The Balaban J connectivity index is 1.47. The van der Waals surface area contributed by atoms with E-state index in [0.29, 0.717) is 10.7 Å². The highest BCUT2D eigenvalue weighted by molar-refractivity contribution is 7.18. The van der Waals surface area contributed by atoms with E-state index < -0.39 is 0 Å². The van der Waals surface area contributed by atoms with Crippen molar-refractivity contribution in [3.8, 4) is 10.6 Å². The Morgan fingerprint density at radius 2 is 1.69 bits per heavy atom.